The zero-order valence-corrected chi connectivity index (χ0v) is 9.22. The molecule has 86 valence electrons. The molecule has 0 amide bonds. The minimum atomic E-state index is -0.852. The van der Waals surface area contributed by atoms with Crippen LogP contribution in [0.25, 0.3) is 0 Å². The molecule has 2 rings (SSSR count). The third-order valence-corrected chi connectivity index (χ3v) is 2.46. The minimum Gasteiger partial charge on any atom is -0.495 e. The summed E-state index contributed by atoms with van der Waals surface area (Å²) in [4.78, 5) is 24.2. The Bertz CT molecular complexity index is 307. The summed E-state index contributed by atoms with van der Waals surface area (Å²) >= 11 is 0. The molecule has 1 aliphatic heterocycles. The number of hydrogen-bond acceptors (Lipinski definition) is 5. The molecule has 0 atom stereocenters. The maximum atomic E-state index is 11.3. The van der Waals surface area contributed by atoms with Crippen molar-refractivity contribution in [3.63, 3.8) is 0 Å². The topological polar surface area (TPSA) is 55.8 Å². The van der Waals surface area contributed by atoms with Crippen molar-refractivity contribution in [2.24, 2.45) is 5.92 Å². The van der Waals surface area contributed by atoms with Gasteiger partial charge in [0.15, 0.2) is 0 Å². The lowest BCUT2D eigenvalue weighted by molar-refractivity contribution is -0.145. The highest BCUT2D eigenvalue weighted by atomic mass is 16.6. The lowest BCUT2D eigenvalue weighted by Gasteiger charge is -2.21. The number of carbonyl (C=O) groups is 2. The molecule has 1 saturated heterocycles. The van der Waals surface area contributed by atoms with Crippen molar-refractivity contribution in [1.82, 2.24) is 4.90 Å². The van der Waals surface area contributed by atoms with Crippen molar-refractivity contribution in [1.29, 1.82) is 0 Å². The monoisotopic (exact) mass is 223 g/mol. The third-order valence-electron chi connectivity index (χ3n) is 2.46. The Balaban J connectivity index is 1.94. The highest BCUT2D eigenvalue weighted by Gasteiger charge is 2.30. The second-order valence-corrected chi connectivity index (χ2v) is 4.24. The van der Waals surface area contributed by atoms with Crippen molar-refractivity contribution in [3.05, 3.63) is 12.1 Å². The number of allylic oxidation sites excluding steroid dienone is 1. The predicted octanol–water partition coefficient (Wildman–Crippen LogP) is 0.0118. The van der Waals surface area contributed by atoms with Gasteiger partial charge < -0.3 is 9.31 Å². The molecule has 1 heterocycles. The Hall–Kier alpha value is -1.30. The summed E-state index contributed by atoms with van der Waals surface area (Å²) in [5.74, 6) is 1.46. The lowest BCUT2D eigenvalue weighted by Crippen LogP contribution is -2.41. The number of nitrogens with zero attached hydrogens (tertiary/aromatic N) is 1. The van der Waals surface area contributed by atoms with Gasteiger partial charge in [-0.25, -0.2) is 0 Å². The third kappa shape index (κ3) is 3.38. The second-order valence-electron chi connectivity index (χ2n) is 4.24. The Morgan fingerprint density at radius 1 is 1.25 bits per heavy atom. The summed E-state index contributed by atoms with van der Waals surface area (Å²) in [5, 5.41) is 0. The van der Waals surface area contributed by atoms with Crippen LogP contribution in [0.1, 0.15) is 12.8 Å². The van der Waals surface area contributed by atoms with Crippen LogP contribution in [0, 0.1) is 5.92 Å². The van der Waals surface area contributed by atoms with Gasteiger partial charge in [0, 0.05) is 0 Å². The molecule has 0 aromatic rings. The van der Waals surface area contributed by atoms with E-state index < -0.39 is 7.12 Å². The summed E-state index contributed by atoms with van der Waals surface area (Å²) in [6.45, 7) is 0.228. The van der Waals surface area contributed by atoms with Gasteiger partial charge in [0.2, 0.25) is 0 Å². The molecule has 0 aromatic carbocycles. The van der Waals surface area contributed by atoms with E-state index in [0.717, 1.165) is 12.8 Å². The van der Waals surface area contributed by atoms with E-state index in [1.165, 1.54) is 0 Å². The number of hydrogen-bond donors (Lipinski definition) is 0. The lowest BCUT2D eigenvalue weighted by atomic mass is 9.88. The van der Waals surface area contributed by atoms with Crippen LogP contribution in [-0.4, -0.2) is 44.1 Å². The van der Waals surface area contributed by atoms with Gasteiger partial charge in [0.25, 0.3) is 0 Å². The number of rotatable bonds is 2. The molecule has 1 aliphatic carbocycles. The molecule has 0 bridgehead atoms. The van der Waals surface area contributed by atoms with E-state index in [2.05, 4.69) is 0 Å². The van der Waals surface area contributed by atoms with Gasteiger partial charge in [-0.2, -0.15) is 0 Å². The average Bonchev–Trinajstić information content (AvgIpc) is 2.94. The summed E-state index contributed by atoms with van der Waals surface area (Å²) in [6.07, 6.45) is 4.26. The van der Waals surface area contributed by atoms with Crippen molar-refractivity contribution < 1.29 is 18.9 Å². The Labute approximate surface area is 94.5 Å². The van der Waals surface area contributed by atoms with Gasteiger partial charge in [-0.05, 0) is 31.8 Å². The smallest absolute Gasteiger partial charge is 0.495 e. The highest BCUT2D eigenvalue weighted by Crippen LogP contribution is 2.30. The summed E-state index contributed by atoms with van der Waals surface area (Å²) < 4.78 is 10.00. The van der Waals surface area contributed by atoms with Gasteiger partial charge in [-0.3, -0.25) is 14.5 Å². The van der Waals surface area contributed by atoms with E-state index in [-0.39, 0.29) is 25.0 Å². The van der Waals surface area contributed by atoms with Gasteiger partial charge in [0.05, 0.1) is 13.1 Å². The molecular weight excluding hydrogens is 209 g/mol. The summed E-state index contributed by atoms with van der Waals surface area (Å²) in [7, 11) is 0.817. The van der Waals surface area contributed by atoms with Crippen LogP contribution in [0.2, 0.25) is 0 Å². The molecular formula is C10H14BNO4. The maximum absolute atomic E-state index is 11.3. The maximum Gasteiger partial charge on any atom is 0.628 e. The first-order valence-corrected chi connectivity index (χ1v) is 5.39. The fourth-order valence-corrected chi connectivity index (χ4v) is 1.47. The largest absolute Gasteiger partial charge is 0.628 e. The van der Waals surface area contributed by atoms with Gasteiger partial charge in [-0.1, -0.05) is 6.08 Å². The van der Waals surface area contributed by atoms with Crippen molar-refractivity contribution in [2.75, 3.05) is 20.1 Å². The SMILES string of the molecule is CN1CC(=O)OB(/C=C/C2CC2)OC(=O)C1. The predicted molar refractivity (Wildman–Crippen MR) is 57.3 cm³/mol. The average molecular weight is 223 g/mol. The molecule has 6 heteroatoms. The molecule has 2 fully saturated rings. The molecule has 16 heavy (non-hydrogen) atoms. The Kier molecular flexibility index (Phi) is 3.29. The van der Waals surface area contributed by atoms with E-state index >= 15 is 0 Å². The molecule has 1 saturated carbocycles. The normalized spacial score (nSPS) is 23.9. The molecule has 0 radical (unpaired) electrons. The van der Waals surface area contributed by atoms with Crippen LogP contribution in [0.5, 0.6) is 0 Å². The highest BCUT2D eigenvalue weighted by molar-refractivity contribution is 6.54. The molecule has 0 unspecified atom stereocenters. The van der Waals surface area contributed by atoms with E-state index in [1.807, 2.05) is 6.08 Å². The van der Waals surface area contributed by atoms with Gasteiger partial charge in [-0.15, -0.1) is 0 Å². The first-order valence-electron chi connectivity index (χ1n) is 5.39. The van der Waals surface area contributed by atoms with Gasteiger partial charge >= 0.3 is 19.1 Å². The van der Waals surface area contributed by atoms with Crippen LogP contribution in [0.15, 0.2) is 12.1 Å². The van der Waals surface area contributed by atoms with Crippen LogP contribution in [-0.2, 0) is 18.9 Å². The quantitative estimate of drug-likeness (QED) is 0.617. The van der Waals surface area contributed by atoms with E-state index in [4.69, 9.17) is 9.31 Å². The molecule has 0 N–H and O–H groups in total. The van der Waals surface area contributed by atoms with Crippen LogP contribution in [0.3, 0.4) is 0 Å². The standard InChI is InChI=1S/C10H14BNO4/c1-12-6-9(13)15-11(16-10(14)7-12)5-4-8-2-3-8/h4-5,8H,2-3,6-7H2,1H3/b5-4+. The van der Waals surface area contributed by atoms with Crippen molar-refractivity contribution in [3.8, 4) is 0 Å². The van der Waals surface area contributed by atoms with Gasteiger partial charge in [0.1, 0.15) is 0 Å². The number of carbonyl (C=O) groups excluding carboxylic acids is 2. The molecule has 2 aliphatic rings. The van der Waals surface area contributed by atoms with Crippen LogP contribution in [0.4, 0.5) is 0 Å². The van der Waals surface area contributed by atoms with Crippen molar-refractivity contribution >= 4 is 19.1 Å². The first kappa shape index (κ1) is 11.2. The second kappa shape index (κ2) is 4.70. The van der Waals surface area contributed by atoms with E-state index in [0.29, 0.717) is 5.92 Å². The zero-order valence-electron chi connectivity index (χ0n) is 9.22. The summed E-state index contributed by atoms with van der Waals surface area (Å²) in [5.41, 5.74) is 0. The van der Waals surface area contributed by atoms with Crippen LogP contribution >= 0.6 is 0 Å². The fraction of sp³-hybridized carbons (Fsp3) is 0.600. The Morgan fingerprint density at radius 3 is 2.31 bits per heavy atom. The minimum absolute atomic E-state index is 0.114. The zero-order chi connectivity index (χ0) is 11.5. The molecule has 0 aromatic heterocycles. The summed E-state index contributed by atoms with van der Waals surface area (Å²) in [6, 6.07) is 0. The molecule has 5 nitrogen and oxygen atoms in total. The van der Waals surface area contributed by atoms with Crippen molar-refractivity contribution in [2.45, 2.75) is 12.8 Å². The van der Waals surface area contributed by atoms with E-state index in [1.54, 1.807) is 17.9 Å². The molecule has 0 spiro atoms. The van der Waals surface area contributed by atoms with Crippen LogP contribution < -0.4 is 0 Å². The van der Waals surface area contributed by atoms with E-state index in [9.17, 15) is 9.59 Å². The fourth-order valence-electron chi connectivity index (χ4n) is 1.47. The Morgan fingerprint density at radius 2 is 1.81 bits per heavy atom. The first-order chi connectivity index (χ1) is 7.63. The number of likely N-dealkylation sites (N-methyl/N-ethyl adjacent to an activating group) is 1.